The van der Waals surface area contributed by atoms with Crippen molar-refractivity contribution in [2.24, 2.45) is 11.1 Å². The van der Waals surface area contributed by atoms with Crippen molar-refractivity contribution in [3.05, 3.63) is 52.2 Å². The molecule has 0 saturated carbocycles. The predicted molar refractivity (Wildman–Crippen MR) is 110 cm³/mol. The third kappa shape index (κ3) is 5.08. The highest BCUT2D eigenvalue weighted by Gasteiger charge is 2.35. The van der Waals surface area contributed by atoms with E-state index in [2.05, 4.69) is 11.6 Å². The van der Waals surface area contributed by atoms with Crippen LogP contribution in [0.5, 0.6) is 0 Å². The molecule has 1 aliphatic heterocycles. The fourth-order valence-corrected chi connectivity index (χ4v) is 4.79. The Balaban J connectivity index is 0.00000261. The molecule has 1 aromatic heterocycles. The molecule has 0 aliphatic carbocycles. The summed E-state index contributed by atoms with van der Waals surface area (Å²) in [5.74, 6) is -0.155. The third-order valence-electron chi connectivity index (χ3n) is 4.75. The second-order valence-electron chi connectivity index (χ2n) is 6.92. The number of amides is 1. The standard InChI is InChI=1S/C18H23N3O3S2.ClH/c1-18(12-19)7-8-21(13-18)17(22)14-4-2-6-16(10-14)26(23,24)20-11-15-5-3-9-25-15;/h2-6,9-10,20H,7-8,11-13,19H2,1H3;1H. The van der Waals surface area contributed by atoms with Gasteiger partial charge >= 0.3 is 0 Å². The van der Waals surface area contributed by atoms with Gasteiger partial charge in [-0.2, -0.15) is 0 Å². The van der Waals surface area contributed by atoms with Crippen molar-refractivity contribution in [3.8, 4) is 0 Å². The molecule has 3 N–H and O–H groups in total. The van der Waals surface area contributed by atoms with Crippen LogP contribution in [0.3, 0.4) is 0 Å². The largest absolute Gasteiger partial charge is 0.338 e. The van der Waals surface area contributed by atoms with E-state index in [0.717, 1.165) is 11.3 Å². The summed E-state index contributed by atoms with van der Waals surface area (Å²) in [5, 5.41) is 1.90. The molecule has 1 aliphatic rings. The molecule has 0 radical (unpaired) electrons. The van der Waals surface area contributed by atoms with Crippen molar-refractivity contribution in [1.29, 1.82) is 0 Å². The molecule has 2 heterocycles. The highest BCUT2D eigenvalue weighted by molar-refractivity contribution is 7.89. The molecule has 0 bridgehead atoms. The van der Waals surface area contributed by atoms with Crippen LogP contribution in [-0.2, 0) is 16.6 Å². The van der Waals surface area contributed by atoms with Crippen LogP contribution in [-0.4, -0.2) is 38.9 Å². The molecule has 1 saturated heterocycles. The summed E-state index contributed by atoms with van der Waals surface area (Å²) in [6.45, 7) is 4.06. The molecular weight excluding hydrogens is 406 g/mol. The minimum Gasteiger partial charge on any atom is -0.338 e. The van der Waals surface area contributed by atoms with Gasteiger partial charge in [-0.3, -0.25) is 4.79 Å². The quantitative estimate of drug-likeness (QED) is 0.737. The Labute approximate surface area is 170 Å². The number of benzene rings is 1. The van der Waals surface area contributed by atoms with E-state index in [0.29, 0.717) is 25.2 Å². The SMILES string of the molecule is CC1(CN)CCN(C(=O)c2cccc(S(=O)(=O)NCc3cccs3)c2)C1.Cl. The van der Waals surface area contributed by atoms with Gasteiger partial charge in [0.1, 0.15) is 0 Å². The first-order chi connectivity index (χ1) is 12.3. The average molecular weight is 430 g/mol. The topological polar surface area (TPSA) is 92.5 Å². The van der Waals surface area contributed by atoms with Crippen molar-refractivity contribution >= 4 is 39.7 Å². The van der Waals surface area contributed by atoms with E-state index in [4.69, 9.17) is 5.73 Å². The van der Waals surface area contributed by atoms with Gasteiger partial charge in [0, 0.05) is 30.1 Å². The maximum absolute atomic E-state index is 12.7. The number of hydrogen-bond donors (Lipinski definition) is 2. The number of nitrogens with two attached hydrogens (primary N) is 1. The normalized spacial score (nSPS) is 19.7. The number of hydrogen-bond acceptors (Lipinski definition) is 5. The summed E-state index contributed by atoms with van der Waals surface area (Å²) in [7, 11) is -3.68. The number of nitrogens with zero attached hydrogens (tertiary/aromatic N) is 1. The summed E-state index contributed by atoms with van der Waals surface area (Å²) in [6, 6.07) is 9.94. The summed E-state index contributed by atoms with van der Waals surface area (Å²) in [5.41, 5.74) is 6.11. The van der Waals surface area contributed by atoms with Crippen molar-refractivity contribution in [2.45, 2.75) is 24.8 Å². The van der Waals surface area contributed by atoms with E-state index in [9.17, 15) is 13.2 Å². The van der Waals surface area contributed by atoms with Crippen LogP contribution in [0, 0.1) is 5.41 Å². The molecule has 1 atom stereocenters. The Morgan fingerprint density at radius 2 is 2.11 bits per heavy atom. The molecule has 1 aromatic carbocycles. The summed E-state index contributed by atoms with van der Waals surface area (Å²) < 4.78 is 27.6. The number of sulfonamides is 1. The maximum atomic E-state index is 12.7. The van der Waals surface area contributed by atoms with Gasteiger partial charge in [0.05, 0.1) is 4.90 Å². The lowest BCUT2D eigenvalue weighted by Gasteiger charge is -2.22. The molecule has 148 valence electrons. The van der Waals surface area contributed by atoms with Crippen LogP contribution in [0.15, 0.2) is 46.7 Å². The van der Waals surface area contributed by atoms with Crippen molar-refractivity contribution in [3.63, 3.8) is 0 Å². The van der Waals surface area contributed by atoms with Gasteiger partial charge in [0.2, 0.25) is 10.0 Å². The molecule has 6 nitrogen and oxygen atoms in total. The second kappa shape index (κ2) is 8.70. The lowest BCUT2D eigenvalue weighted by Crippen LogP contribution is -2.34. The first-order valence-corrected chi connectivity index (χ1v) is 10.8. The zero-order valence-corrected chi connectivity index (χ0v) is 17.5. The molecule has 3 rings (SSSR count). The van der Waals surface area contributed by atoms with E-state index < -0.39 is 10.0 Å². The molecule has 0 spiro atoms. The minimum absolute atomic E-state index is 0. The number of carbonyl (C=O) groups excluding carboxylic acids is 1. The van der Waals surface area contributed by atoms with E-state index in [1.165, 1.54) is 23.5 Å². The van der Waals surface area contributed by atoms with Crippen LogP contribution < -0.4 is 10.5 Å². The van der Waals surface area contributed by atoms with Gasteiger partial charge in [0.25, 0.3) is 5.91 Å². The maximum Gasteiger partial charge on any atom is 0.253 e. The number of nitrogens with one attached hydrogen (secondary N) is 1. The average Bonchev–Trinajstić information content (AvgIpc) is 3.30. The summed E-state index contributed by atoms with van der Waals surface area (Å²) in [4.78, 5) is 15.5. The van der Waals surface area contributed by atoms with E-state index >= 15 is 0 Å². The van der Waals surface area contributed by atoms with E-state index in [1.54, 1.807) is 17.0 Å². The summed E-state index contributed by atoms with van der Waals surface area (Å²) in [6.07, 6.45) is 0.857. The smallest absolute Gasteiger partial charge is 0.253 e. The Morgan fingerprint density at radius 1 is 1.33 bits per heavy atom. The highest BCUT2D eigenvalue weighted by Crippen LogP contribution is 2.29. The second-order valence-corrected chi connectivity index (χ2v) is 9.72. The molecule has 27 heavy (non-hydrogen) atoms. The van der Waals surface area contributed by atoms with Crippen molar-refractivity contribution in [1.82, 2.24) is 9.62 Å². The number of halogens is 1. The van der Waals surface area contributed by atoms with Crippen LogP contribution in [0.2, 0.25) is 0 Å². The Hall–Kier alpha value is -1.45. The number of carbonyl (C=O) groups is 1. The van der Waals surface area contributed by atoms with Gasteiger partial charge < -0.3 is 10.6 Å². The van der Waals surface area contributed by atoms with Gasteiger partial charge in [-0.15, -0.1) is 23.7 Å². The molecule has 2 aromatic rings. The van der Waals surface area contributed by atoms with E-state index in [1.807, 2.05) is 17.5 Å². The fraction of sp³-hybridized carbons (Fsp3) is 0.389. The Morgan fingerprint density at radius 3 is 2.74 bits per heavy atom. The number of rotatable bonds is 6. The number of thiophene rings is 1. The van der Waals surface area contributed by atoms with E-state index in [-0.39, 0.29) is 35.2 Å². The lowest BCUT2D eigenvalue weighted by molar-refractivity contribution is 0.0776. The molecule has 1 unspecified atom stereocenters. The van der Waals surface area contributed by atoms with Gasteiger partial charge in [-0.25, -0.2) is 13.1 Å². The van der Waals surface area contributed by atoms with Crippen molar-refractivity contribution in [2.75, 3.05) is 19.6 Å². The molecule has 1 fully saturated rings. The van der Waals surface area contributed by atoms with Crippen LogP contribution >= 0.6 is 23.7 Å². The van der Waals surface area contributed by atoms with Gasteiger partial charge in [-0.1, -0.05) is 19.1 Å². The summed E-state index contributed by atoms with van der Waals surface area (Å²) >= 11 is 1.49. The lowest BCUT2D eigenvalue weighted by atomic mass is 9.90. The first kappa shape index (κ1) is 21.8. The predicted octanol–water partition coefficient (Wildman–Crippen LogP) is 2.46. The van der Waals surface area contributed by atoms with Crippen LogP contribution in [0.25, 0.3) is 0 Å². The molecule has 9 heteroatoms. The zero-order chi connectivity index (χ0) is 18.8. The highest BCUT2D eigenvalue weighted by atomic mass is 35.5. The Kier molecular flexibility index (Phi) is 7.04. The first-order valence-electron chi connectivity index (χ1n) is 8.44. The molecule has 1 amide bonds. The number of likely N-dealkylation sites (tertiary alicyclic amines) is 1. The monoisotopic (exact) mass is 429 g/mol. The van der Waals surface area contributed by atoms with Crippen LogP contribution in [0.1, 0.15) is 28.6 Å². The third-order valence-corrected chi connectivity index (χ3v) is 7.02. The minimum atomic E-state index is -3.68. The fourth-order valence-electron chi connectivity index (χ4n) is 3.01. The van der Waals surface area contributed by atoms with Gasteiger partial charge in [-0.05, 0) is 48.0 Å². The van der Waals surface area contributed by atoms with Gasteiger partial charge in [0.15, 0.2) is 0 Å². The van der Waals surface area contributed by atoms with Crippen LogP contribution in [0.4, 0.5) is 0 Å². The van der Waals surface area contributed by atoms with Crippen molar-refractivity contribution < 1.29 is 13.2 Å². The Bertz CT molecular complexity index is 887. The molecular formula is C18H24ClN3O3S2. The zero-order valence-electron chi connectivity index (χ0n) is 15.1.